The number of hydrogen-bond acceptors (Lipinski definition) is 4. The second kappa shape index (κ2) is 7.90. The minimum Gasteiger partial charge on any atom is -0.339 e. The zero-order chi connectivity index (χ0) is 18.4. The lowest BCUT2D eigenvalue weighted by atomic mass is 10.1. The first-order chi connectivity index (χ1) is 12.6. The number of aromatic nitrogens is 1. The van der Waals surface area contributed by atoms with Crippen LogP contribution in [0.25, 0.3) is 0 Å². The zero-order valence-electron chi connectivity index (χ0n) is 13.7. The first-order valence-corrected chi connectivity index (χ1v) is 7.90. The fourth-order valence-electron chi connectivity index (χ4n) is 2.36. The molecule has 128 valence electrons. The number of hydrogen-bond donors (Lipinski definition) is 2. The van der Waals surface area contributed by atoms with Crippen LogP contribution in [0.1, 0.15) is 11.1 Å². The number of halogens is 1. The topological polar surface area (TPSA) is 77.8 Å². The van der Waals surface area contributed by atoms with Gasteiger partial charge < -0.3 is 10.6 Å². The number of rotatable bonds is 5. The van der Waals surface area contributed by atoms with Gasteiger partial charge in [0.25, 0.3) is 0 Å². The predicted molar refractivity (Wildman–Crippen MR) is 97.4 cm³/mol. The molecule has 3 aromatic rings. The Labute approximate surface area is 150 Å². The number of nitrogens with one attached hydrogen (secondary N) is 2. The van der Waals surface area contributed by atoms with E-state index in [9.17, 15) is 9.18 Å². The van der Waals surface area contributed by atoms with Gasteiger partial charge in [0, 0.05) is 0 Å². The third-order valence-electron chi connectivity index (χ3n) is 3.64. The molecule has 0 aliphatic heterocycles. The number of nitriles is 1. The van der Waals surface area contributed by atoms with Crippen molar-refractivity contribution in [3.05, 3.63) is 83.8 Å². The Morgan fingerprint density at radius 2 is 1.85 bits per heavy atom. The zero-order valence-corrected chi connectivity index (χ0v) is 13.7. The summed E-state index contributed by atoms with van der Waals surface area (Å²) in [5.41, 5.74) is 2.46. The van der Waals surface area contributed by atoms with Crippen molar-refractivity contribution in [1.82, 2.24) is 4.98 Å². The Bertz CT molecular complexity index is 947. The first-order valence-electron chi connectivity index (χ1n) is 7.90. The lowest BCUT2D eigenvalue weighted by Crippen LogP contribution is -2.14. The lowest BCUT2D eigenvalue weighted by molar-refractivity contribution is -0.115. The highest BCUT2D eigenvalue weighted by atomic mass is 19.1. The maximum atomic E-state index is 12.9. The van der Waals surface area contributed by atoms with Crippen LogP contribution >= 0.6 is 0 Å². The summed E-state index contributed by atoms with van der Waals surface area (Å²) in [5, 5.41) is 14.9. The molecule has 0 atom stereocenters. The van der Waals surface area contributed by atoms with Gasteiger partial charge in [0.2, 0.25) is 5.91 Å². The molecule has 0 saturated heterocycles. The van der Waals surface area contributed by atoms with Gasteiger partial charge in [0.15, 0.2) is 0 Å². The van der Waals surface area contributed by atoms with E-state index in [0.29, 0.717) is 22.8 Å². The normalized spacial score (nSPS) is 10.0. The Hall–Kier alpha value is -3.72. The summed E-state index contributed by atoms with van der Waals surface area (Å²) in [5.74, 6) is 0.0117. The summed E-state index contributed by atoms with van der Waals surface area (Å²) in [6, 6.07) is 18.5. The summed E-state index contributed by atoms with van der Waals surface area (Å²) in [6.07, 6.45) is 1.68. The van der Waals surface area contributed by atoms with Gasteiger partial charge in [0.1, 0.15) is 17.7 Å². The van der Waals surface area contributed by atoms with E-state index < -0.39 is 0 Å². The molecule has 0 spiro atoms. The van der Waals surface area contributed by atoms with Crippen molar-refractivity contribution < 1.29 is 9.18 Å². The summed E-state index contributed by atoms with van der Waals surface area (Å²) < 4.78 is 12.9. The molecule has 5 nitrogen and oxygen atoms in total. The van der Waals surface area contributed by atoms with E-state index in [1.54, 1.807) is 42.5 Å². The fourth-order valence-corrected chi connectivity index (χ4v) is 2.36. The molecule has 0 aliphatic carbocycles. The molecule has 26 heavy (non-hydrogen) atoms. The number of pyridine rings is 1. The quantitative estimate of drug-likeness (QED) is 0.731. The first kappa shape index (κ1) is 17.1. The minimum absolute atomic E-state index is 0.149. The van der Waals surface area contributed by atoms with E-state index in [1.165, 1.54) is 18.3 Å². The van der Waals surface area contributed by atoms with Crippen LogP contribution in [0.2, 0.25) is 0 Å². The summed E-state index contributed by atoms with van der Waals surface area (Å²) in [7, 11) is 0. The highest BCUT2D eigenvalue weighted by Gasteiger charge is 2.06. The Balaban J connectivity index is 1.61. The van der Waals surface area contributed by atoms with Gasteiger partial charge in [-0.25, -0.2) is 9.37 Å². The van der Waals surface area contributed by atoms with Crippen LogP contribution in [0.15, 0.2) is 66.9 Å². The summed E-state index contributed by atoms with van der Waals surface area (Å²) in [4.78, 5) is 16.3. The average Bonchev–Trinajstić information content (AvgIpc) is 2.65. The van der Waals surface area contributed by atoms with E-state index >= 15 is 0 Å². The summed E-state index contributed by atoms with van der Waals surface area (Å²) in [6.45, 7) is 0. The van der Waals surface area contributed by atoms with Crippen molar-refractivity contribution in [2.75, 3.05) is 10.6 Å². The maximum absolute atomic E-state index is 12.9. The van der Waals surface area contributed by atoms with Gasteiger partial charge in [-0.2, -0.15) is 5.26 Å². The fraction of sp³-hybridized carbons (Fsp3) is 0.0500. The third-order valence-corrected chi connectivity index (χ3v) is 3.64. The van der Waals surface area contributed by atoms with Crippen molar-refractivity contribution in [3.8, 4) is 6.07 Å². The number of carbonyl (C=O) groups is 1. The molecular weight excluding hydrogens is 331 g/mol. The van der Waals surface area contributed by atoms with Crippen LogP contribution in [-0.4, -0.2) is 10.9 Å². The van der Waals surface area contributed by atoms with E-state index in [2.05, 4.69) is 21.7 Å². The molecule has 2 aromatic carbocycles. The molecule has 1 aromatic heterocycles. The van der Waals surface area contributed by atoms with E-state index in [-0.39, 0.29) is 18.1 Å². The number of para-hydroxylation sites is 1. The molecule has 2 N–H and O–H groups in total. The largest absolute Gasteiger partial charge is 0.339 e. The number of anilines is 3. The van der Waals surface area contributed by atoms with E-state index in [0.717, 1.165) is 5.56 Å². The Morgan fingerprint density at radius 3 is 2.54 bits per heavy atom. The van der Waals surface area contributed by atoms with Crippen LogP contribution in [0, 0.1) is 17.1 Å². The Morgan fingerprint density at radius 1 is 1.08 bits per heavy atom. The smallest absolute Gasteiger partial charge is 0.228 e. The molecule has 0 saturated carbocycles. The predicted octanol–water partition coefficient (Wildman–Crippen LogP) is 4.02. The molecule has 1 heterocycles. The van der Waals surface area contributed by atoms with Gasteiger partial charge >= 0.3 is 0 Å². The summed E-state index contributed by atoms with van der Waals surface area (Å²) >= 11 is 0. The van der Waals surface area contributed by atoms with Gasteiger partial charge in [-0.1, -0.05) is 24.3 Å². The molecule has 6 heteroatoms. The number of nitrogens with zero attached hydrogens (tertiary/aromatic N) is 2. The molecule has 0 unspecified atom stereocenters. The van der Waals surface area contributed by atoms with Crippen LogP contribution in [0.4, 0.5) is 21.6 Å². The maximum Gasteiger partial charge on any atom is 0.228 e. The molecular formula is C20H15FN4O. The van der Waals surface area contributed by atoms with Gasteiger partial charge in [-0.15, -0.1) is 0 Å². The van der Waals surface area contributed by atoms with Crippen LogP contribution in [-0.2, 0) is 11.2 Å². The van der Waals surface area contributed by atoms with Crippen molar-refractivity contribution in [3.63, 3.8) is 0 Å². The highest BCUT2D eigenvalue weighted by Crippen LogP contribution is 2.19. The lowest BCUT2D eigenvalue weighted by Gasteiger charge is -2.09. The minimum atomic E-state index is -0.334. The molecule has 0 bridgehead atoms. The van der Waals surface area contributed by atoms with Crippen molar-refractivity contribution >= 4 is 23.1 Å². The van der Waals surface area contributed by atoms with Gasteiger partial charge in [0.05, 0.1) is 29.6 Å². The monoisotopic (exact) mass is 346 g/mol. The Kier molecular flexibility index (Phi) is 5.20. The standard InChI is InChI=1S/C20H15FN4O/c21-16-7-5-14(6-8-16)11-20(26)24-17-9-10-19(23-13-17)25-18-4-2-1-3-15(18)12-22/h1-10,13H,11H2,(H,23,25)(H,24,26). The molecule has 1 amide bonds. The van der Waals surface area contributed by atoms with Crippen LogP contribution < -0.4 is 10.6 Å². The molecule has 0 fully saturated rings. The van der Waals surface area contributed by atoms with Crippen molar-refractivity contribution in [1.29, 1.82) is 5.26 Å². The van der Waals surface area contributed by atoms with Crippen LogP contribution in [0.3, 0.4) is 0 Å². The number of carbonyl (C=O) groups excluding carboxylic acids is 1. The third kappa shape index (κ3) is 4.42. The molecule has 0 radical (unpaired) electrons. The number of amides is 1. The van der Waals surface area contributed by atoms with Gasteiger partial charge in [-0.05, 0) is 42.0 Å². The van der Waals surface area contributed by atoms with E-state index in [1.807, 2.05) is 6.07 Å². The number of benzene rings is 2. The molecule has 3 rings (SSSR count). The second-order valence-corrected chi connectivity index (χ2v) is 5.57. The van der Waals surface area contributed by atoms with Crippen molar-refractivity contribution in [2.45, 2.75) is 6.42 Å². The average molecular weight is 346 g/mol. The van der Waals surface area contributed by atoms with Crippen molar-refractivity contribution in [2.24, 2.45) is 0 Å². The van der Waals surface area contributed by atoms with Crippen LogP contribution in [0.5, 0.6) is 0 Å². The SMILES string of the molecule is N#Cc1ccccc1Nc1ccc(NC(=O)Cc2ccc(F)cc2)cn1. The molecule has 0 aliphatic rings. The van der Waals surface area contributed by atoms with E-state index in [4.69, 9.17) is 5.26 Å². The highest BCUT2D eigenvalue weighted by molar-refractivity contribution is 5.92. The van der Waals surface area contributed by atoms with Gasteiger partial charge in [-0.3, -0.25) is 4.79 Å². The second-order valence-electron chi connectivity index (χ2n) is 5.57.